The Morgan fingerprint density at radius 1 is 0.500 bits per heavy atom. The van der Waals surface area contributed by atoms with Gasteiger partial charge >= 0.3 is 0 Å². The summed E-state index contributed by atoms with van der Waals surface area (Å²) in [5, 5.41) is 2.36. The van der Waals surface area contributed by atoms with Gasteiger partial charge in [-0.25, -0.2) is 4.98 Å². The van der Waals surface area contributed by atoms with Crippen LogP contribution in [-0.2, 0) is 16.2 Å². The Morgan fingerprint density at radius 3 is 1.84 bits per heavy atom. The summed E-state index contributed by atoms with van der Waals surface area (Å²) in [5.74, 6) is 2.51. The second-order valence-corrected chi connectivity index (χ2v) is 19.6. The van der Waals surface area contributed by atoms with E-state index >= 15 is 0 Å². The van der Waals surface area contributed by atoms with Crippen LogP contribution in [0.1, 0.15) is 98.4 Å². The van der Waals surface area contributed by atoms with Crippen LogP contribution < -0.4 is 14.5 Å². The lowest BCUT2D eigenvalue weighted by atomic mass is 9.78. The minimum atomic E-state index is -0.0977. The molecule has 8 rings (SSSR count). The normalized spacial score (nSPS) is 14.1. The molecule has 0 atom stereocenters. The number of hydrogen-bond acceptors (Lipinski definition) is 4. The van der Waals surface area contributed by atoms with Crippen molar-refractivity contribution in [3.05, 3.63) is 168 Å². The Morgan fingerprint density at radius 2 is 1.16 bits per heavy atom. The molecule has 0 fully saturated rings. The van der Waals surface area contributed by atoms with E-state index in [0.717, 1.165) is 34.0 Å². The molecule has 0 N–H and O–H groups in total. The summed E-state index contributed by atoms with van der Waals surface area (Å²) in [6.45, 7) is 25.7. The topological polar surface area (TPSA) is 33.5 Å². The van der Waals surface area contributed by atoms with Gasteiger partial charge in [-0.05, 0) is 87.7 Å². The minimum Gasteiger partial charge on any atom is -0.457 e. The zero-order valence-electron chi connectivity index (χ0n) is 36.2. The molecule has 0 saturated heterocycles. The molecule has 7 aromatic rings. The molecule has 5 heteroatoms. The Bertz CT molecular complexity index is 2650. The van der Waals surface area contributed by atoms with Crippen molar-refractivity contribution in [1.82, 2.24) is 9.55 Å². The van der Waals surface area contributed by atoms with E-state index in [2.05, 4.69) is 224 Å². The van der Waals surface area contributed by atoms with Gasteiger partial charge < -0.3 is 14.5 Å². The first-order valence-electron chi connectivity index (χ1n) is 20.6. The molecule has 0 amide bonds. The van der Waals surface area contributed by atoms with E-state index in [1.165, 1.54) is 44.4 Å². The van der Waals surface area contributed by atoms with E-state index in [0.29, 0.717) is 6.67 Å². The highest BCUT2D eigenvalue weighted by atomic mass is 16.5. The standard InChI is InChI=1S/C53H58N4O/c1-50(2,3)38-27-28-54-49(31-38)57-46-20-16-15-19-44(46)45-26-25-42(33-47(45)57)58-43-30-39(51(4,5)6)29-41(32-43)56-35-55(34-48(56)52(7,8)9)40-23-21-37(22-24-40)53(10,11)36-17-13-12-14-18-36/h12-34H,35H2,1-11H3. The van der Waals surface area contributed by atoms with Crippen LogP contribution in [0.4, 0.5) is 11.4 Å². The molecule has 0 bridgehead atoms. The van der Waals surface area contributed by atoms with E-state index in [4.69, 9.17) is 9.72 Å². The summed E-state index contributed by atoms with van der Waals surface area (Å²) in [4.78, 5) is 9.73. The summed E-state index contributed by atoms with van der Waals surface area (Å²) < 4.78 is 9.18. The van der Waals surface area contributed by atoms with Crippen LogP contribution in [-0.4, -0.2) is 16.2 Å². The van der Waals surface area contributed by atoms with Gasteiger partial charge in [0, 0.05) is 63.2 Å². The second kappa shape index (κ2) is 14.2. The summed E-state index contributed by atoms with van der Waals surface area (Å²) >= 11 is 0. The van der Waals surface area contributed by atoms with Crippen LogP contribution in [0.2, 0.25) is 0 Å². The SMILES string of the molecule is CC(C)(C)C1=CN(c2ccc(C(C)(C)c3ccccc3)cc2)CN1c1cc(Oc2ccc3c4ccccc4n(-c4cc(C(C)(C)C)ccn4)c3c2)cc(C(C)(C)C)c1. The number of nitrogens with zero attached hydrogens (tertiary/aromatic N) is 4. The maximum atomic E-state index is 6.91. The molecule has 1 aliphatic heterocycles. The smallest absolute Gasteiger partial charge is 0.137 e. The highest BCUT2D eigenvalue weighted by Gasteiger charge is 2.33. The minimum absolute atomic E-state index is 0.000728. The monoisotopic (exact) mass is 766 g/mol. The molecule has 0 saturated carbocycles. The van der Waals surface area contributed by atoms with E-state index in [-0.39, 0.29) is 21.7 Å². The summed E-state index contributed by atoms with van der Waals surface area (Å²) in [6, 6.07) is 46.0. The van der Waals surface area contributed by atoms with E-state index in [1.54, 1.807) is 0 Å². The van der Waals surface area contributed by atoms with Crippen molar-refractivity contribution in [2.24, 2.45) is 5.41 Å². The largest absolute Gasteiger partial charge is 0.457 e. The van der Waals surface area contributed by atoms with Crippen molar-refractivity contribution >= 4 is 33.2 Å². The highest BCUT2D eigenvalue weighted by Crippen LogP contribution is 2.43. The number of allylic oxidation sites excluding steroid dienone is 1. The van der Waals surface area contributed by atoms with Crippen LogP contribution in [0, 0.1) is 5.41 Å². The Balaban J connectivity index is 1.16. The van der Waals surface area contributed by atoms with Crippen LogP contribution in [0.15, 0.2) is 145 Å². The average molecular weight is 767 g/mol. The lowest BCUT2D eigenvalue weighted by Gasteiger charge is -2.32. The van der Waals surface area contributed by atoms with Gasteiger partial charge in [-0.3, -0.25) is 4.57 Å². The van der Waals surface area contributed by atoms with Crippen molar-refractivity contribution in [3.63, 3.8) is 0 Å². The van der Waals surface area contributed by atoms with Gasteiger partial charge in [-0.1, -0.05) is 137 Å². The van der Waals surface area contributed by atoms with Gasteiger partial charge in [-0.2, -0.15) is 0 Å². The zero-order valence-corrected chi connectivity index (χ0v) is 36.2. The third kappa shape index (κ3) is 7.39. The van der Waals surface area contributed by atoms with Crippen molar-refractivity contribution in [2.45, 2.75) is 92.4 Å². The number of anilines is 2. The van der Waals surface area contributed by atoms with Gasteiger partial charge in [0.25, 0.3) is 0 Å². The first-order valence-corrected chi connectivity index (χ1v) is 20.6. The van der Waals surface area contributed by atoms with Crippen LogP contribution in [0.5, 0.6) is 11.5 Å². The number of aromatic nitrogens is 2. The predicted octanol–water partition coefficient (Wildman–Crippen LogP) is 14.1. The second-order valence-electron chi connectivity index (χ2n) is 19.6. The van der Waals surface area contributed by atoms with Crippen LogP contribution in [0.25, 0.3) is 27.6 Å². The number of benzene rings is 5. The Labute approximate surface area is 345 Å². The molecule has 296 valence electrons. The quantitative estimate of drug-likeness (QED) is 0.162. The average Bonchev–Trinajstić information content (AvgIpc) is 3.78. The maximum absolute atomic E-state index is 6.91. The molecule has 58 heavy (non-hydrogen) atoms. The fourth-order valence-corrected chi connectivity index (χ4v) is 8.19. The van der Waals surface area contributed by atoms with Crippen LogP contribution >= 0.6 is 0 Å². The molecule has 0 unspecified atom stereocenters. The Hall–Kier alpha value is -5.81. The van der Waals surface area contributed by atoms with Gasteiger partial charge in [0.1, 0.15) is 17.3 Å². The third-order valence-electron chi connectivity index (χ3n) is 11.8. The third-order valence-corrected chi connectivity index (χ3v) is 11.8. The molecule has 2 aromatic heterocycles. The molecule has 0 spiro atoms. The zero-order chi connectivity index (χ0) is 41.2. The van der Waals surface area contributed by atoms with Crippen LogP contribution in [0.3, 0.4) is 0 Å². The predicted molar refractivity (Wildman–Crippen MR) is 245 cm³/mol. The molecular formula is C53H58N4O. The summed E-state index contributed by atoms with van der Waals surface area (Å²) in [6.07, 6.45) is 4.26. The number of hydrogen-bond donors (Lipinski definition) is 0. The molecule has 5 nitrogen and oxygen atoms in total. The fraction of sp³-hybridized carbons (Fsp3) is 0.302. The molecule has 0 radical (unpaired) electrons. The van der Waals surface area contributed by atoms with E-state index in [1.807, 2.05) is 6.20 Å². The number of pyridine rings is 1. The van der Waals surface area contributed by atoms with Gasteiger partial charge in [0.05, 0.1) is 17.7 Å². The van der Waals surface area contributed by atoms with Crippen molar-refractivity contribution in [3.8, 4) is 17.3 Å². The molecule has 0 aliphatic carbocycles. The summed E-state index contributed by atoms with van der Waals surface area (Å²) in [7, 11) is 0. The number of rotatable bonds is 7. The van der Waals surface area contributed by atoms with Crippen molar-refractivity contribution in [1.29, 1.82) is 0 Å². The molecular weight excluding hydrogens is 709 g/mol. The lowest BCUT2D eigenvalue weighted by Crippen LogP contribution is -2.31. The molecule has 1 aliphatic rings. The number of para-hydroxylation sites is 1. The maximum Gasteiger partial charge on any atom is 0.137 e. The number of ether oxygens (including phenoxy) is 1. The molecule has 3 heterocycles. The van der Waals surface area contributed by atoms with Gasteiger partial charge in [-0.15, -0.1) is 0 Å². The van der Waals surface area contributed by atoms with Crippen molar-refractivity contribution in [2.75, 3.05) is 16.5 Å². The lowest BCUT2D eigenvalue weighted by molar-refractivity contribution is 0.477. The summed E-state index contributed by atoms with van der Waals surface area (Å²) in [5.41, 5.74) is 10.5. The number of fused-ring (bicyclic) bond motifs is 3. The molecule has 5 aromatic carbocycles. The van der Waals surface area contributed by atoms with Gasteiger partial charge in [0.15, 0.2) is 0 Å². The Kier molecular flexibility index (Phi) is 9.58. The fourth-order valence-electron chi connectivity index (χ4n) is 8.19. The van der Waals surface area contributed by atoms with Crippen molar-refractivity contribution < 1.29 is 4.74 Å². The highest BCUT2D eigenvalue weighted by molar-refractivity contribution is 6.09. The first kappa shape index (κ1) is 39.0. The van der Waals surface area contributed by atoms with E-state index in [9.17, 15) is 0 Å². The van der Waals surface area contributed by atoms with Gasteiger partial charge in [0.2, 0.25) is 0 Å². The first-order chi connectivity index (χ1) is 27.4. The van der Waals surface area contributed by atoms with E-state index < -0.39 is 0 Å².